The highest BCUT2D eigenvalue weighted by Gasteiger charge is 2.38. The minimum absolute atomic E-state index is 0.158. The highest BCUT2D eigenvalue weighted by molar-refractivity contribution is 7.89. The molecule has 1 aliphatic rings. The molecule has 0 amide bonds. The van der Waals surface area contributed by atoms with Crippen LogP contribution in [0.1, 0.15) is 43.3 Å². The van der Waals surface area contributed by atoms with E-state index in [1.54, 1.807) is 14.0 Å². The summed E-state index contributed by atoms with van der Waals surface area (Å²) in [6, 6.07) is 0.158. The highest BCUT2D eigenvalue weighted by atomic mass is 32.2. The van der Waals surface area contributed by atoms with Crippen molar-refractivity contribution in [2.45, 2.75) is 57.5 Å². The van der Waals surface area contributed by atoms with E-state index in [9.17, 15) is 8.42 Å². The molecule has 20 heavy (non-hydrogen) atoms. The van der Waals surface area contributed by atoms with Gasteiger partial charge in [0.05, 0.1) is 0 Å². The van der Waals surface area contributed by atoms with Crippen molar-refractivity contribution in [3.05, 3.63) is 17.1 Å². The Kier molecular flexibility index (Phi) is 4.56. The minimum atomic E-state index is -3.45. The molecule has 0 aliphatic heterocycles. The van der Waals surface area contributed by atoms with Crippen LogP contribution in [0.4, 0.5) is 0 Å². The van der Waals surface area contributed by atoms with Gasteiger partial charge in [0.25, 0.3) is 0 Å². The number of hydrogen-bond acceptors (Lipinski definition) is 4. The molecule has 2 rings (SSSR count). The number of nitrogens with zero attached hydrogens (tertiary/aromatic N) is 1. The van der Waals surface area contributed by atoms with Gasteiger partial charge in [-0.15, -0.1) is 0 Å². The topological polar surface area (TPSA) is 62.6 Å². The van der Waals surface area contributed by atoms with Gasteiger partial charge in [-0.3, -0.25) is 0 Å². The standard InChI is InChI=1S/C14H24N2O3S/c1-5-8-15-9-13-10(2)19-11(3)14(13)20(17,18)16(4)12-6-7-12/h12,15H,5-9H2,1-4H3. The van der Waals surface area contributed by atoms with Crippen molar-refractivity contribution < 1.29 is 12.8 Å². The number of furan rings is 1. The van der Waals surface area contributed by atoms with E-state index in [0.29, 0.717) is 23.0 Å². The van der Waals surface area contributed by atoms with Crippen molar-refractivity contribution in [2.24, 2.45) is 0 Å². The molecule has 0 saturated heterocycles. The van der Waals surface area contributed by atoms with Crippen LogP contribution in [0.2, 0.25) is 0 Å². The lowest BCUT2D eigenvalue weighted by Crippen LogP contribution is -2.30. The van der Waals surface area contributed by atoms with Crippen LogP contribution in [0, 0.1) is 13.8 Å². The van der Waals surface area contributed by atoms with Crippen molar-refractivity contribution in [2.75, 3.05) is 13.6 Å². The van der Waals surface area contributed by atoms with Crippen LogP contribution >= 0.6 is 0 Å². The van der Waals surface area contributed by atoms with Crippen molar-refractivity contribution in [1.29, 1.82) is 0 Å². The first-order valence-electron chi connectivity index (χ1n) is 7.17. The molecule has 1 saturated carbocycles. The van der Waals surface area contributed by atoms with Crippen molar-refractivity contribution in [3.8, 4) is 0 Å². The number of sulfonamides is 1. The minimum Gasteiger partial charge on any atom is -0.465 e. The van der Waals surface area contributed by atoms with Crippen molar-refractivity contribution in [3.63, 3.8) is 0 Å². The van der Waals surface area contributed by atoms with E-state index in [-0.39, 0.29) is 6.04 Å². The summed E-state index contributed by atoms with van der Waals surface area (Å²) >= 11 is 0. The average Bonchev–Trinajstić information content (AvgIpc) is 3.16. The Morgan fingerprint density at radius 1 is 1.30 bits per heavy atom. The molecule has 1 fully saturated rings. The molecule has 0 radical (unpaired) electrons. The molecular formula is C14H24N2O3S. The molecule has 0 bridgehead atoms. The average molecular weight is 300 g/mol. The maximum atomic E-state index is 12.7. The summed E-state index contributed by atoms with van der Waals surface area (Å²) in [7, 11) is -1.79. The van der Waals surface area contributed by atoms with E-state index in [1.807, 2.05) is 6.92 Å². The molecule has 5 nitrogen and oxygen atoms in total. The zero-order valence-corrected chi connectivity index (χ0v) is 13.5. The van der Waals surface area contributed by atoms with E-state index < -0.39 is 10.0 Å². The van der Waals surface area contributed by atoms with Crippen LogP contribution in [0.25, 0.3) is 0 Å². The fourth-order valence-electron chi connectivity index (χ4n) is 2.42. The van der Waals surface area contributed by atoms with Crippen LogP contribution in [-0.2, 0) is 16.6 Å². The second-order valence-corrected chi connectivity index (χ2v) is 7.39. The molecule has 0 spiro atoms. The van der Waals surface area contributed by atoms with Gasteiger partial charge in [-0.2, -0.15) is 4.31 Å². The van der Waals surface area contributed by atoms with E-state index in [2.05, 4.69) is 12.2 Å². The first kappa shape index (κ1) is 15.5. The molecule has 0 atom stereocenters. The van der Waals surface area contributed by atoms with Crippen LogP contribution in [-0.4, -0.2) is 32.4 Å². The third kappa shape index (κ3) is 2.92. The first-order valence-corrected chi connectivity index (χ1v) is 8.61. The number of rotatable bonds is 7. The number of nitrogens with one attached hydrogen (secondary N) is 1. The van der Waals surface area contributed by atoms with Gasteiger partial charge in [-0.05, 0) is 39.7 Å². The number of hydrogen-bond donors (Lipinski definition) is 1. The molecule has 1 aromatic heterocycles. The maximum Gasteiger partial charge on any atom is 0.246 e. The predicted octanol–water partition coefficient (Wildman–Crippen LogP) is 2.18. The van der Waals surface area contributed by atoms with Gasteiger partial charge in [-0.25, -0.2) is 8.42 Å². The first-order chi connectivity index (χ1) is 9.39. The zero-order valence-electron chi connectivity index (χ0n) is 12.7. The molecule has 1 heterocycles. The van der Waals surface area contributed by atoms with Gasteiger partial charge >= 0.3 is 0 Å². The van der Waals surface area contributed by atoms with E-state index in [4.69, 9.17) is 4.42 Å². The molecule has 1 aromatic rings. The molecule has 1 N–H and O–H groups in total. The second kappa shape index (κ2) is 5.87. The van der Waals surface area contributed by atoms with E-state index >= 15 is 0 Å². The van der Waals surface area contributed by atoms with E-state index in [1.165, 1.54) is 4.31 Å². The summed E-state index contributed by atoms with van der Waals surface area (Å²) in [5.41, 5.74) is 0.767. The molecule has 114 valence electrons. The van der Waals surface area contributed by atoms with Gasteiger partial charge < -0.3 is 9.73 Å². The monoisotopic (exact) mass is 300 g/mol. The quantitative estimate of drug-likeness (QED) is 0.784. The van der Waals surface area contributed by atoms with Crippen LogP contribution in [0.3, 0.4) is 0 Å². The van der Waals surface area contributed by atoms with Crippen LogP contribution in [0.5, 0.6) is 0 Å². The Bertz CT molecular complexity index is 573. The van der Waals surface area contributed by atoms with Crippen LogP contribution in [0.15, 0.2) is 9.31 Å². The smallest absolute Gasteiger partial charge is 0.246 e. The maximum absolute atomic E-state index is 12.7. The molecule has 0 unspecified atom stereocenters. The Morgan fingerprint density at radius 2 is 1.95 bits per heavy atom. The molecular weight excluding hydrogens is 276 g/mol. The summed E-state index contributed by atoms with van der Waals surface area (Å²) in [5.74, 6) is 1.18. The molecule has 0 aromatic carbocycles. The van der Waals surface area contributed by atoms with Crippen LogP contribution < -0.4 is 5.32 Å². The van der Waals surface area contributed by atoms with Gasteiger partial charge in [0.2, 0.25) is 10.0 Å². The van der Waals surface area contributed by atoms with Gasteiger partial charge in [-0.1, -0.05) is 6.92 Å². The van der Waals surface area contributed by atoms with Gasteiger partial charge in [0.15, 0.2) is 0 Å². The zero-order chi connectivity index (χ0) is 14.9. The SMILES string of the molecule is CCCNCc1c(C)oc(C)c1S(=O)(=O)N(C)C1CC1. The van der Waals surface area contributed by atoms with E-state index in [0.717, 1.165) is 31.4 Å². The summed E-state index contributed by atoms with van der Waals surface area (Å²) in [4.78, 5) is 0.355. The summed E-state index contributed by atoms with van der Waals surface area (Å²) < 4.78 is 32.5. The second-order valence-electron chi connectivity index (χ2n) is 5.45. The fourth-order valence-corrected chi connectivity index (χ4v) is 4.24. The summed E-state index contributed by atoms with van der Waals surface area (Å²) in [6.07, 6.45) is 2.92. The molecule has 6 heteroatoms. The summed E-state index contributed by atoms with van der Waals surface area (Å²) in [5, 5.41) is 3.26. The van der Waals surface area contributed by atoms with Crippen molar-refractivity contribution >= 4 is 10.0 Å². The fraction of sp³-hybridized carbons (Fsp3) is 0.714. The Hall–Kier alpha value is -0.850. The lowest BCUT2D eigenvalue weighted by molar-refractivity contribution is 0.457. The van der Waals surface area contributed by atoms with Crippen molar-refractivity contribution in [1.82, 2.24) is 9.62 Å². The Labute approximate surface area is 121 Å². The van der Waals surface area contributed by atoms with Gasteiger partial charge in [0.1, 0.15) is 16.4 Å². The summed E-state index contributed by atoms with van der Waals surface area (Å²) in [6.45, 7) is 7.03. The normalized spacial score (nSPS) is 16.1. The lowest BCUT2D eigenvalue weighted by atomic mass is 10.2. The third-order valence-corrected chi connectivity index (χ3v) is 5.86. The molecule has 1 aliphatic carbocycles. The van der Waals surface area contributed by atoms with Gasteiger partial charge in [0, 0.05) is 25.2 Å². The third-order valence-electron chi connectivity index (χ3n) is 3.75. The predicted molar refractivity (Wildman–Crippen MR) is 78.2 cm³/mol. The lowest BCUT2D eigenvalue weighted by Gasteiger charge is -2.17. The Morgan fingerprint density at radius 3 is 2.50 bits per heavy atom. The largest absolute Gasteiger partial charge is 0.465 e. The Balaban J connectivity index is 2.34. The highest BCUT2D eigenvalue weighted by Crippen LogP contribution is 2.34. The number of aryl methyl sites for hydroxylation is 2.